The summed E-state index contributed by atoms with van der Waals surface area (Å²) in [6, 6.07) is 6.77. The molecule has 0 spiro atoms. The number of hydrogen-bond donors (Lipinski definition) is 1. The molecule has 2 aromatic heterocycles. The minimum atomic E-state index is -0.742. The number of amides is 1. The average Bonchev–Trinajstić information content (AvgIpc) is 2.89. The van der Waals surface area contributed by atoms with Crippen molar-refractivity contribution >= 4 is 17.2 Å². The Hall–Kier alpha value is -1.75. The van der Waals surface area contributed by atoms with Crippen molar-refractivity contribution in [3.63, 3.8) is 0 Å². The lowest BCUT2D eigenvalue weighted by atomic mass is 10.0. The lowest BCUT2D eigenvalue weighted by Crippen LogP contribution is -2.31. The van der Waals surface area contributed by atoms with E-state index in [0.717, 1.165) is 4.88 Å². The van der Waals surface area contributed by atoms with Crippen molar-refractivity contribution in [2.45, 2.75) is 19.9 Å². The van der Waals surface area contributed by atoms with Crippen LogP contribution in [0.1, 0.15) is 35.1 Å². The first kappa shape index (κ1) is 13.7. The SMILES string of the molecule is CC(C)C(NC(=O)c1cccnc1F)c1cccs1. The Morgan fingerprint density at radius 2 is 2.16 bits per heavy atom. The van der Waals surface area contributed by atoms with Gasteiger partial charge in [-0.15, -0.1) is 11.3 Å². The lowest BCUT2D eigenvalue weighted by molar-refractivity contribution is 0.0921. The Labute approximate surface area is 115 Å². The lowest BCUT2D eigenvalue weighted by Gasteiger charge is -2.21. The third kappa shape index (κ3) is 3.17. The summed E-state index contributed by atoms with van der Waals surface area (Å²) in [6.45, 7) is 4.04. The van der Waals surface area contributed by atoms with E-state index < -0.39 is 11.9 Å². The van der Waals surface area contributed by atoms with Crippen LogP contribution in [0.25, 0.3) is 0 Å². The number of carbonyl (C=O) groups is 1. The van der Waals surface area contributed by atoms with Gasteiger partial charge in [-0.2, -0.15) is 4.39 Å². The van der Waals surface area contributed by atoms with Crippen molar-refractivity contribution in [1.29, 1.82) is 0 Å². The van der Waals surface area contributed by atoms with Gasteiger partial charge in [0, 0.05) is 11.1 Å². The summed E-state index contributed by atoms with van der Waals surface area (Å²) in [6.07, 6.45) is 1.32. The molecule has 19 heavy (non-hydrogen) atoms. The molecule has 0 aromatic carbocycles. The molecule has 2 rings (SSSR count). The van der Waals surface area contributed by atoms with Gasteiger partial charge in [0.05, 0.1) is 11.6 Å². The molecular formula is C14H15FN2OS. The highest BCUT2D eigenvalue weighted by Gasteiger charge is 2.21. The molecule has 3 nitrogen and oxygen atoms in total. The van der Waals surface area contributed by atoms with Gasteiger partial charge in [0.2, 0.25) is 5.95 Å². The third-order valence-electron chi connectivity index (χ3n) is 2.81. The van der Waals surface area contributed by atoms with Crippen LogP contribution in [0.3, 0.4) is 0 Å². The average molecular weight is 278 g/mol. The minimum absolute atomic E-state index is 0.0234. The number of rotatable bonds is 4. The van der Waals surface area contributed by atoms with E-state index in [4.69, 9.17) is 0 Å². The van der Waals surface area contributed by atoms with Crippen LogP contribution in [-0.2, 0) is 0 Å². The molecule has 2 heterocycles. The second-order valence-corrected chi connectivity index (χ2v) is 5.53. The van der Waals surface area contributed by atoms with Crippen molar-refractivity contribution in [3.8, 4) is 0 Å². The zero-order chi connectivity index (χ0) is 13.8. The molecule has 0 radical (unpaired) electrons. The number of thiophene rings is 1. The van der Waals surface area contributed by atoms with E-state index in [2.05, 4.69) is 10.3 Å². The second-order valence-electron chi connectivity index (χ2n) is 4.55. The minimum Gasteiger partial charge on any atom is -0.344 e. The molecule has 0 bridgehead atoms. The van der Waals surface area contributed by atoms with Crippen molar-refractivity contribution in [1.82, 2.24) is 10.3 Å². The van der Waals surface area contributed by atoms with Crippen LogP contribution in [-0.4, -0.2) is 10.9 Å². The summed E-state index contributed by atoms with van der Waals surface area (Å²) in [5, 5.41) is 4.83. The van der Waals surface area contributed by atoms with Crippen LogP contribution in [0.15, 0.2) is 35.8 Å². The normalized spacial score (nSPS) is 12.4. The number of halogens is 1. The number of hydrogen-bond acceptors (Lipinski definition) is 3. The van der Waals surface area contributed by atoms with Gasteiger partial charge in [-0.1, -0.05) is 19.9 Å². The molecule has 100 valence electrons. The van der Waals surface area contributed by atoms with E-state index in [9.17, 15) is 9.18 Å². The van der Waals surface area contributed by atoms with E-state index in [-0.39, 0.29) is 17.5 Å². The summed E-state index contributed by atoms with van der Waals surface area (Å²) >= 11 is 1.58. The Kier molecular flexibility index (Phi) is 4.27. The molecule has 0 aliphatic carbocycles. The quantitative estimate of drug-likeness (QED) is 0.871. The molecule has 0 saturated carbocycles. The molecule has 0 fully saturated rings. The summed E-state index contributed by atoms with van der Waals surface area (Å²) in [7, 11) is 0. The first-order chi connectivity index (χ1) is 9.09. The van der Waals surface area contributed by atoms with Gasteiger partial charge in [0.15, 0.2) is 0 Å². The number of nitrogens with zero attached hydrogens (tertiary/aromatic N) is 1. The Morgan fingerprint density at radius 3 is 2.74 bits per heavy atom. The van der Waals surface area contributed by atoms with Gasteiger partial charge >= 0.3 is 0 Å². The zero-order valence-corrected chi connectivity index (χ0v) is 11.6. The topological polar surface area (TPSA) is 42.0 Å². The second kappa shape index (κ2) is 5.93. The van der Waals surface area contributed by atoms with Crippen LogP contribution in [0.4, 0.5) is 4.39 Å². The molecule has 1 N–H and O–H groups in total. The highest BCUT2D eigenvalue weighted by molar-refractivity contribution is 7.10. The maximum atomic E-state index is 13.5. The van der Waals surface area contributed by atoms with Gasteiger partial charge in [-0.05, 0) is 29.5 Å². The fourth-order valence-corrected chi connectivity index (χ4v) is 2.76. The van der Waals surface area contributed by atoms with Crippen LogP contribution >= 0.6 is 11.3 Å². The predicted octanol–water partition coefficient (Wildman–Crippen LogP) is 3.41. The zero-order valence-electron chi connectivity index (χ0n) is 10.8. The van der Waals surface area contributed by atoms with Crippen molar-refractivity contribution in [2.24, 2.45) is 5.92 Å². The highest BCUT2D eigenvalue weighted by Crippen LogP contribution is 2.26. The Balaban J connectivity index is 2.19. The van der Waals surface area contributed by atoms with E-state index >= 15 is 0 Å². The fraction of sp³-hybridized carbons (Fsp3) is 0.286. The molecule has 1 amide bonds. The fourth-order valence-electron chi connectivity index (χ4n) is 1.81. The van der Waals surface area contributed by atoms with Gasteiger partial charge in [0.25, 0.3) is 5.91 Å². The number of pyridine rings is 1. The first-order valence-electron chi connectivity index (χ1n) is 6.04. The molecule has 2 aromatic rings. The Morgan fingerprint density at radius 1 is 1.37 bits per heavy atom. The number of carbonyl (C=O) groups excluding carboxylic acids is 1. The van der Waals surface area contributed by atoms with E-state index in [1.165, 1.54) is 12.3 Å². The van der Waals surface area contributed by atoms with Crippen molar-refractivity contribution in [3.05, 3.63) is 52.2 Å². The first-order valence-corrected chi connectivity index (χ1v) is 6.92. The standard InChI is InChI=1S/C14H15FN2OS/c1-9(2)12(11-6-4-8-19-11)17-14(18)10-5-3-7-16-13(10)15/h3-9,12H,1-2H3,(H,17,18). The van der Waals surface area contributed by atoms with E-state index in [1.54, 1.807) is 17.4 Å². The third-order valence-corrected chi connectivity index (χ3v) is 3.76. The number of aromatic nitrogens is 1. The van der Waals surface area contributed by atoms with Crippen LogP contribution in [0.2, 0.25) is 0 Å². The smallest absolute Gasteiger partial charge is 0.256 e. The van der Waals surface area contributed by atoms with Gasteiger partial charge in [-0.3, -0.25) is 4.79 Å². The molecular weight excluding hydrogens is 263 g/mol. The number of nitrogens with one attached hydrogen (secondary N) is 1. The summed E-state index contributed by atoms with van der Waals surface area (Å²) in [5.74, 6) is -0.950. The van der Waals surface area contributed by atoms with Gasteiger partial charge in [0.1, 0.15) is 0 Å². The van der Waals surface area contributed by atoms with Gasteiger partial charge in [-0.25, -0.2) is 4.98 Å². The maximum absolute atomic E-state index is 13.5. The predicted molar refractivity (Wildman–Crippen MR) is 73.6 cm³/mol. The molecule has 1 atom stereocenters. The van der Waals surface area contributed by atoms with Gasteiger partial charge < -0.3 is 5.32 Å². The maximum Gasteiger partial charge on any atom is 0.256 e. The molecule has 0 aliphatic rings. The summed E-state index contributed by atoms with van der Waals surface area (Å²) < 4.78 is 13.5. The van der Waals surface area contributed by atoms with Crippen molar-refractivity contribution in [2.75, 3.05) is 0 Å². The van der Waals surface area contributed by atoms with Crippen LogP contribution < -0.4 is 5.32 Å². The van der Waals surface area contributed by atoms with Crippen molar-refractivity contribution < 1.29 is 9.18 Å². The monoisotopic (exact) mass is 278 g/mol. The van der Waals surface area contributed by atoms with E-state index in [0.29, 0.717) is 0 Å². The molecule has 5 heteroatoms. The van der Waals surface area contributed by atoms with Crippen LogP contribution in [0, 0.1) is 11.9 Å². The summed E-state index contributed by atoms with van der Waals surface area (Å²) in [5.41, 5.74) is -0.0234. The molecule has 0 aliphatic heterocycles. The highest BCUT2D eigenvalue weighted by atomic mass is 32.1. The largest absolute Gasteiger partial charge is 0.344 e. The van der Waals surface area contributed by atoms with E-state index in [1.807, 2.05) is 31.4 Å². The molecule has 1 unspecified atom stereocenters. The Bertz CT molecular complexity index is 554. The molecule has 0 saturated heterocycles. The summed E-state index contributed by atoms with van der Waals surface area (Å²) in [4.78, 5) is 16.6. The van der Waals surface area contributed by atoms with Crippen LogP contribution in [0.5, 0.6) is 0 Å².